The lowest BCUT2D eigenvalue weighted by Crippen LogP contribution is -2.49. The second kappa shape index (κ2) is 8.82. The summed E-state index contributed by atoms with van der Waals surface area (Å²) in [6.45, 7) is 8.51. The number of hydrogen-bond donors (Lipinski definition) is 1. The maximum absolute atomic E-state index is 16.2. The lowest BCUT2D eigenvalue weighted by Gasteiger charge is -2.41. The van der Waals surface area contributed by atoms with Crippen molar-refractivity contribution in [1.82, 2.24) is 9.55 Å². The summed E-state index contributed by atoms with van der Waals surface area (Å²) in [5, 5.41) is 2.90. The predicted octanol–water partition coefficient (Wildman–Crippen LogP) is 5.74. The zero-order valence-electron chi connectivity index (χ0n) is 20.3. The van der Waals surface area contributed by atoms with E-state index < -0.39 is 11.4 Å². The molecule has 5 rings (SSSR count). The molecule has 0 atom stereocenters. The predicted molar refractivity (Wildman–Crippen MR) is 134 cm³/mol. The van der Waals surface area contributed by atoms with Crippen molar-refractivity contribution in [2.75, 3.05) is 18.5 Å². The monoisotopic (exact) mass is 473 g/mol. The largest absolute Gasteiger partial charge is 0.486 e. The minimum absolute atomic E-state index is 0.184. The molecule has 35 heavy (non-hydrogen) atoms. The Morgan fingerprint density at radius 3 is 2.57 bits per heavy atom. The molecule has 6 nitrogen and oxygen atoms in total. The number of hydrogen-bond acceptors (Lipinski definition) is 4. The van der Waals surface area contributed by atoms with Crippen LogP contribution in [0.1, 0.15) is 30.5 Å². The van der Waals surface area contributed by atoms with Gasteiger partial charge in [0.15, 0.2) is 11.6 Å². The molecule has 1 aliphatic heterocycles. The molecule has 1 N–H and O–H groups in total. The molecule has 1 aromatic heterocycles. The number of amides is 1. The highest BCUT2D eigenvalue weighted by atomic mass is 19.1. The number of imidazole rings is 1. The first-order chi connectivity index (χ1) is 16.8. The third-order valence-corrected chi connectivity index (χ3v) is 6.55. The summed E-state index contributed by atoms with van der Waals surface area (Å²) in [6, 6.07) is 17.0. The fourth-order valence-electron chi connectivity index (χ4n) is 4.57. The van der Waals surface area contributed by atoms with Crippen LogP contribution >= 0.6 is 0 Å². The molecular weight excluding hydrogens is 445 g/mol. The summed E-state index contributed by atoms with van der Waals surface area (Å²) >= 11 is 0. The van der Waals surface area contributed by atoms with Gasteiger partial charge in [-0.25, -0.2) is 9.37 Å². The highest BCUT2D eigenvalue weighted by Gasteiger charge is 2.40. The number of rotatable bonds is 6. The molecule has 0 bridgehead atoms. The zero-order chi connectivity index (χ0) is 24.7. The average Bonchev–Trinajstić information content (AvgIpc) is 3.21. The van der Waals surface area contributed by atoms with Crippen LogP contribution in [0.5, 0.6) is 5.75 Å². The number of fused-ring (bicyclic) bond motifs is 1. The lowest BCUT2D eigenvalue weighted by molar-refractivity contribution is -0.114. The van der Waals surface area contributed by atoms with E-state index in [0.717, 1.165) is 22.2 Å². The number of aryl methyl sites for hydroxylation is 1. The normalized spacial score (nSPS) is 14.5. The molecule has 3 aromatic carbocycles. The molecule has 4 aromatic rings. The van der Waals surface area contributed by atoms with Crippen molar-refractivity contribution in [3.63, 3.8) is 0 Å². The van der Waals surface area contributed by atoms with Crippen LogP contribution < -0.4 is 10.1 Å². The molecule has 1 fully saturated rings. The van der Waals surface area contributed by atoms with Crippen molar-refractivity contribution in [3.05, 3.63) is 77.1 Å². The molecule has 2 heterocycles. The number of nitrogens with zero attached hydrogens (tertiary/aromatic N) is 2. The molecule has 0 spiro atoms. The third-order valence-electron chi connectivity index (χ3n) is 6.55. The molecule has 1 amide bonds. The first kappa shape index (κ1) is 23.1. The highest BCUT2D eigenvalue weighted by Crippen LogP contribution is 2.41. The molecule has 1 aliphatic rings. The van der Waals surface area contributed by atoms with E-state index >= 15 is 4.39 Å². The maximum atomic E-state index is 16.2. The van der Waals surface area contributed by atoms with E-state index in [2.05, 4.69) is 12.2 Å². The number of anilines is 1. The molecule has 0 unspecified atom stereocenters. The van der Waals surface area contributed by atoms with Crippen LogP contribution in [0.25, 0.3) is 22.4 Å². The molecular formula is C28H28FN3O3. The minimum atomic E-state index is -0.453. The number of ether oxygens (including phenoxy) is 2. The fraction of sp³-hybridized carbons (Fsp3) is 0.286. The van der Waals surface area contributed by atoms with Crippen LogP contribution in [-0.4, -0.2) is 28.7 Å². The van der Waals surface area contributed by atoms with Gasteiger partial charge in [-0.1, -0.05) is 36.4 Å². The van der Waals surface area contributed by atoms with Gasteiger partial charge in [-0.15, -0.1) is 0 Å². The van der Waals surface area contributed by atoms with Gasteiger partial charge in [0.1, 0.15) is 12.4 Å². The lowest BCUT2D eigenvalue weighted by atomic mass is 9.97. The van der Waals surface area contributed by atoms with Gasteiger partial charge in [0.2, 0.25) is 5.91 Å². The van der Waals surface area contributed by atoms with Crippen LogP contribution in [0.4, 0.5) is 10.1 Å². The van der Waals surface area contributed by atoms with E-state index in [9.17, 15) is 4.79 Å². The number of aromatic nitrogens is 2. The first-order valence-electron chi connectivity index (χ1n) is 11.6. The Kier molecular flexibility index (Phi) is 5.81. The quantitative estimate of drug-likeness (QED) is 0.388. The van der Waals surface area contributed by atoms with Crippen molar-refractivity contribution < 1.29 is 18.7 Å². The molecule has 1 saturated heterocycles. The number of halogens is 1. The van der Waals surface area contributed by atoms with Gasteiger partial charge in [0.05, 0.1) is 41.0 Å². The molecule has 0 radical (unpaired) electrons. The number of benzene rings is 3. The topological polar surface area (TPSA) is 65.4 Å². The van der Waals surface area contributed by atoms with Crippen molar-refractivity contribution in [1.29, 1.82) is 0 Å². The van der Waals surface area contributed by atoms with Gasteiger partial charge < -0.3 is 19.4 Å². The van der Waals surface area contributed by atoms with Gasteiger partial charge in [-0.2, -0.15) is 0 Å². The zero-order valence-corrected chi connectivity index (χ0v) is 20.3. The second-order valence-electron chi connectivity index (χ2n) is 9.40. The third kappa shape index (κ3) is 4.06. The van der Waals surface area contributed by atoms with E-state index in [4.69, 9.17) is 14.5 Å². The number of nitrogens with one attached hydrogen (secondary N) is 1. The standard InChI is InChI=1S/C28H28FN3O3/c1-17-13-21(24(29)26(18(17)2)35-14-20-9-6-5-7-10-20)27-31-23-12-8-11-22(30-19(3)33)25(23)32(27)28(4)15-34-16-28/h5-13H,14-16H2,1-4H3,(H,30,33). The van der Waals surface area contributed by atoms with Gasteiger partial charge >= 0.3 is 0 Å². The Morgan fingerprint density at radius 2 is 1.91 bits per heavy atom. The van der Waals surface area contributed by atoms with E-state index in [-0.39, 0.29) is 18.3 Å². The van der Waals surface area contributed by atoms with Crippen molar-refractivity contribution in [2.45, 2.75) is 39.8 Å². The van der Waals surface area contributed by atoms with Gasteiger partial charge in [-0.3, -0.25) is 4.79 Å². The first-order valence-corrected chi connectivity index (χ1v) is 11.6. The van der Waals surface area contributed by atoms with Crippen molar-refractivity contribution in [3.8, 4) is 17.1 Å². The summed E-state index contributed by atoms with van der Waals surface area (Å²) in [6.07, 6.45) is 0. The van der Waals surface area contributed by atoms with Crippen LogP contribution in [-0.2, 0) is 21.7 Å². The molecule has 180 valence electrons. The van der Waals surface area contributed by atoms with E-state index in [1.807, 2.05) is 73.0 Å². The van der Waals surface area contributed by atoms with Crippen LogP contribution in [0, 0.1) is 19.7 Å². The van der Waals surface area contributed by atoms with Gasteiger partial charge in [0.25, 0.3) is 0 Å². The molecule has 0 saturated carbocycles. The van der Waals surface area contributed by atoms with Crippen LogP contribution in [0.3, 0.4) is 0 Å². The number of carbonyl (C=O) groups excluding carboxylic acids is 1. The van der Waals surface area contributed by atoms with E-state index in [1.54, 1.807) is 0 Å². The Labute approximate surface area is 203 Å². The maximum Gasteiger partial charge on any atom is 0.221 e. The summed E-state index contributed by atoms with van der Waals surface area (Å²) in [5.41, 5.74) is 4.58. The Balaban J connectivity index is 1.69. The van der Waals surface area contributed by atoms with Gasteiger partial charge in [-0.05, 0) is 55.7 Å². The highest BCUT2D eigenvalue weighted by molar-refractivity contribution is 6.00. The number of carbonyl (C=O) groups is 1. The minimum Gasteiger partial charge on any atom is -0.486 e. The van der Waals surface area contributed by atoms with Crippen molar-refractivity contribution in [2.24, 2.45) is 0 Å². The molecule has 0 aliphatic carbocycles. The molecule has 7 heteroatoms. The van der Waals surface area contributed by atoms with E-state index in [0.29, 0.717) is 35.8 Å². The Morgan fingerprint density at radius 1 is 1.17 bits per heavy atom. The summed E-state index contributed by atoms with van der Waals surface area (Å²) < 4.78 is 29.7. The smallest absolute Gasteiger partial charge is 0.221 e. The number of para-hydroxylation sites is 1. The second-order valence-corrected chi connectivity index (χ2v) is 9.40. The summed E-state index contributed by atoms with van der Waals surface area (Å²) in [7, 11) is 0. The summed E-state index contributed by atoms with van der Waals surface area (Å²) in [4.78, 5) is 16.8. The average molecular weight is 474 g/mol. The fourth-order valence-corrected chi connectivity index (χ4v) is 4.57. The summed E-state index contributed by atoms with van der Waals surface area (Å²) in [5.74, 6) is 0.0644. The SMILES string of the molecule is CC(=O)Nc1cccc2nc(-c3cc(C)c(C)c(OCc4ccccc4)c3F)n(C3(C)COC3)c12. The van der Waals surface area contributed by atoms with Gasteiger partial charge in [0, 0.05) is 6.92 Å². The Bertz CT molecular complexity index is 1420. The Hall–Kier alpha value is -3.71. The van der Waals surface area contributed by atoms with Crippen molar-refractivity contribution >= 4 is 22.6 Å². The van der Waals surface area contributed by atoms with E-state index in [1.165, 1.54) is 6.92 Å². The van der Waals surface area contributed by atoms with Crippen LogP contribution in [0.15, 0.2) is 54.6 Å². The van der Waals surface area contributed by atoms with Crippen LogP contribution in [0.2, 0.25) is 0 Å².